The molecule has 0 saturated heterocycles. The molecule has 0 bridgehead atoms. The zero-order chi connectivity index (χ0) is 12.7. The van der Waals surface area contributed by atoms with Crippen molar-refractivity contribution in [3.05, 3.63) is 24.3 Å². The van der Waals surface area contributed by atoms with Gasteiger partial charge < -0.3 is 9.47 Å². The Labute approximate surface area is 94.9 Å². The van der Waals surface area contributed by atoms with Crippen LogP contribution < -0.4 is 0 Å². The van der Waals surface area contributed by atoms with Gasteiger partial charge in [0, 0.05) is 11.1 Å². The fourth-order valence-electron chi connectivity index (χ4n) is 0.596. The van der Waals surface area contributed by atoms with Gasteiger partial charge in [0.25, 0.3) is 0 Å². The predicted molar refractivity (Wildman–Crippen MR) is 59.1 cm³/mol. The molecule has 0 aromatic carbocycles. The number of hydrogen-bond donors (Lipinski definition) is 0. The molecule has 0 aliphatic heterocycles. The van der Waals surface area contributed by atoms with Gasteiger partial charge in [0.1, 0.15) is 0 Å². The van der Waals surface area contributed by atoms with Crippen LogP contribution in [0.1, 0.15) is 20.8 Å². The van der Waals surface area contributed by atoms with E-state index in [9.17, 15) is 9.59 Å². The Hall–Kier alpha value is -2.02. The summed E-state index contributed by atoms with van der Waals surface area (Å²) in [4.78, 5) is 22.4. The van der Waals surface area contributed by atoms with E-state index in [1.165, 1.54) is 20.8 Å². The SMILES string of the molecule is C=C(C)C(=O)OC(C#CC)OC(=O)C(=C)C. The number of rotatable bonds is 4. The second kappa shape index (κ2) is 6.46. The highest BCUT2D eigenvalue weighted by molar-refractivity contribution is 5.88. The van der Waals surface area contributed by atoms with Gasteiger partial charge in [-0.3, -0.25) is 0 Å². The van der Waals surface area contributed by atoms with Crippen molar-refractivity contribution in [3.63, 3.8) is 0 Å². The summed E-state index contributed by atoms with van der Waals surface area (Å²) in [5, 5.41) is 0. The molecule has 0 heterocycles. The Morgan fingerprint density at radius 1 is 1.06 bits per heavy atom. The quantitative estimate of drug-likeness (QED) is 0.313. The molecule has 86 valence electrons. The molecule has 4 nitrogen and oxygen atoms in total. The largest absolute Gasteiger partial charge is 0.410 e. The minimum atomic E-state index is -1.22. The standard InChI is InChI=1S/C12H14O4/c1-6-7-10(15-11(13)8(2)3)16-12(14)9(4)5/h10H,2,4H2,1,3,5H3. The van der Waals surface area contributed by atoms with E-state index < -0.39 is 18.2 Å². The van der Waals surface area contributed by atoms with Crippen molar-refractivity contribution in [3.8, 4) is 11.8 Å². The maximum absolute atomic E-state index is 11.2. The smallest absolute Gasteiger partial charge is 0.336 e. The van der Waals surface area contributed by atoms with Crippen LogP contribution in [0.3, 0.4) is 0 Å². The van der Waals surface area contributed by atoms with E-state index in [4.69, 9.17) is 9.47 Å². The van der Waals surface area contributed by atoms with E-state index in [0.717, 1.165) is 0 Å². The minimum Gasteiger partial charge on any atom is -0.410 e. The Kier molecular flexibility index (Phi) is 5.65. The normalized spacial score (nSPS) is 8.75. The Morgan fingerprint density at radius 2 is 1.44 bits per heavy atom. The van der Waals surface area contributed by atoms with Crippen LogP contribution in [0.5, 0.6) is 0 Å². The van der Waals surface area contributed by atoms with Crippen molar-refractivity contribution in [1.29, 1.82) is 0 Å². The molecule has 0 aliphatic carbocycles. The van der Waals surface area contributed by atoms with Crippen LogP contribution >= 0.6 is 0 Å². The molecule has 0 atom stereocenters. The minimum absolute atomic E-state index is 0.203. The molecule has 16 heavy (non-hydrogen) atoms. The molecular formula is C12H14O4. The third kappa shape index (κ3) is 5.01. The lowest BCUT2D eigenvalue weighted by atomic mass is 10.3. The van der Waals surface area contributed by atoms with Gasteiger partial charge in [-0.15, -0.1) is 0 Å². The Bertz CT molecular complexity index is 354. The van der Waals surface area contributed by atoms with E-state index in [1.807, 2.05) is 0 Å². The second-order valence-electron chi connectivity index (χ2n) is 3.10. The molecule has 0 spiro atoms. The van der Waals surface area contributed by atoms with Gasteiger partial charge in [-0.25, -0.2) is 9.59 Å². The molecule has 0 amide bonds. The lowest BCUT2D eigenvalue weighted by Crippen LogP contribution is -2.23. The highest BCUT2D eigenvalue weighted by Crippen LogP contribution is 2.03. The maximum Gasteiger partial charge on any atom is 0.336 e. The van der Waals surface area contributed by atoms with Crippen molar-refractivity contribution in [2.75, 3.05) is 0 Å². The highest BCUT2D eigenvalue weighted by Gasteiger charge is 2.17. The van der Waals surface area contributed by atoms with Gasteiger partial charge in [0.2, 0.25) is 0 Å². The van der Waals surface area contributed by atoms with Crippen molar-refractivity contribution >= 4 is 11.9 Å². The molecule has 4 heteroatoms. The first-order chi connectivity index (χ1) is 7.38. The summed E-state index contributed by atoms with van der Waals surface area (Å²) in [6.45, 7) is 11.3. The summed E-state index contributed by atoms with van der Waals surface area (Å²) in [6.07, 6.45) is -1.22. The summed E-state index contributed by atoms with van der Waals surface area (Å²) in [7, 11) is 0. The third-order valence-corrected chi connectivity index (χ3v) is 1.39. The van der Waals surface area contributed by atoms with Crippen molar-refractivity contribution in [1.82, 2.24) is 0 Å². The summed E-state index contributed by atoms with van der Waals surface area (Å²) in [5.41, 5.74) is 0.406. The van der Waals surface area contributed by atoms with Gasteiger partial charge in [-0.2, -0.15) is 0 Å². The van der Waals surface area contributed by atoms with Crippen LogP contribution in [0.2, 0.25) is 0 Å². The third-order valence-electron chi connectivity index (χ3n) is 1.39. The van der Waals surface area contributed by atoms with E-state index in [-0.39, 0.29) is 11.1 Å². The monoisotopic (exact) mass is 222 g/mol. The maximum atomic E-state index is 11.2. The molecule has 0 unspecified atom stereocenters. The van der Waals surface area contributed by atoms with Gasteiger partial charge in [-0.1, -0.05) is 19.1 Å². The first-order valence-electron chi connectivity index (χ1n) is 4.53. The van der Waals surface area contributed by atoms with Crippen LogP contribution in [-0.2, 0) is 19.1 Å². The molecule has 0 saturated carbocycles. The number of hydrogen-bond acceptors (Lipinski definition) is 4. The number of carbonyl (C=O) groups is 2. The van der Waals surface area contributed by atoms with E-state index in [1.54, 1.807) is 0 Å². The second-order valence-corrected chi connectivity index (χ2v) is 3.10. The zero-order valence-electron chi connectivity index (χ0n) is 9.62. The molecule has 0 rings (SSSR count). The first kappa shape index (κ1) is 14.0. The van der Waals surface area contributed by atoms with Crippen molar-refractivity contribution in [2.45, 2.75) is 27.1 Å². The summed E-state index contributed by atoms with van der Waals surface area (Å²) in [5.74, 6) is 3.60. The lowest BCUT2D eigenvalue weighted by Gasteiger charge is -2.12. The zero-order valence-corrected chi connectivity index (χ0v) is 9.62. The summed E-state index contributed by atoms with van der Waals surface area (Å²) < 4.78 is 9.55. The highest BCUT2D eigenvalue weighted by atomic mass is 16.7. The van der Waals surface area contributed by atoms with Gasteiger partial charge in [0.05, 0.1) is 0 Å². The Balaban J connectivity index is 4.56. The molecular weight excluding hydrogens is 208 g/mol. The molecule has 0 radical (unpaired) electrons. The van der Waals surface area contributed by atoms with E-state index in [2.05, 4.69) is 25.0 Å². The first-order valence-corrected chi connectivity index (χ1v) is 4.53. The van der Waals surface area contributed by atoms with E-state index in [0.29, 0.717) is 0 Å². The topological polar surface area (TPSA) is 52.6 Å². The molecule has 0 aromatic rings. The van der Waals surface area contributed by atoms with Crippen molar-refractivity contribution < 1.29 is 19.1 Å². The van der Waals surface area contributed by atoms with E-state index >= 15 is 0 Å². The van der Waals surface area contributed by atoms with Gasteiger partial charge >= 0.3 is 18.2 Å². The van der Waals surface area contributed by atoms with Gasteiger partial charge in [0.15, 0.2) is 0 Å². The van der Waals surface area contributed by atoms with Crippen LogP contribution in [0.25, 0.3) is 0 Å². The van der Waals surface area contributed by atoms with Crippen molar-refractivity contribution in [2.24, 2.45) is 0 Å². The van der Waals surface area contributed by atoms with Crippen LogP contribution in [0, 0.1) is 11.8 Å². The fourth-order valence-corrected chi connectivity index (χ4v) is 0.596. The number of carbonyl (C=O) groups excluding carboxylic acids is 2. The van der Waals surface area contributed by atoms with Crippen LogP contribution in [0.4, 0.5) is 0 Å². The molecule has 0 aliphatic rings. The molecule has 0 N–H and O–H groups in total. The average molecular weight is 222 g/mol. The lowest BCUT2D eigenvalue weighted by molar-refractivity contribution is -0.172. The molecule has 0 fully saturated rings. The average Bonchev–Trinajstić information content (AvgIpc) is 2.17. The predicted octanol–water partition coefficient (Wildman–Crippen LogP) is 1.57. The van der Waals surface area contributed by atoms with Gasteiger partial charge in [-0.05, 0) is 26.7 Å². The van der Waals surface area contributed by atoms with Crippen LogP contribution in [0.15, 0.2) is 24.3 Å². The Morgan fingerprint density at radius 3 is 1.69 bits per heavy atom. The summed E-state index contributed by atoms with van der Waals surface area (Å²) in [6, 6.07) is 0. The fraction of sp³-hybridized carbons (Fsp3) is 0.333. The van der Waals surface area contributed by atoms with Crippen LogP contribution in [-0.4, -0.2) is 18.2 Å². The number of ether oxygens (including phenoxy) is 2. The molecule has 0 aromatic heterocycles. The number of esters is 2. The summed E-state index contributed by atoms with van der Waals surface area (Å²) >= 11 is 0.